The van der Waals surface area contributed by atoms with Crippen molar-refractivity contribution in [1.82, 2.24) is 4.98 Å². The van der Waals surface area contributed by atoms with Gasteiger partial charge in [-0.25, -0.2) is 9.78 Å². The maximum Gasteiger partial charge on any atom is 0.339 e. The molecule has 0 spiro atoms. The Kier molecular flexibility index (Phi) is 4.70. The molecule has 1 atom stereocenters. The van der Waals surface area contributed by atoms with Crippen molar-refractivity contribution in [3.63, 3.8) is 0 Å². The van der Waals surface area contributed by atoms with Crippen LogP contribution >= 0.6 is 0 Å². The summed E-state index contributed by atoms with van der Waals surface area (Å²) in [6, 6.07) is 1.81. The third-order valence-corrected chi connectivity index (χ3v) is 3.18. The molecular weight excluding hydrogens is 228 g/mol. The fourth-order valence-electron chi connectivity index (χ4n) is 2.04. The highest BCUT2D eigenvalue weighted by atomic mass is 16.4. The number of anilines is 1. The van der Waals surface area contributed by atoms with Gasteiger partial charge in [-0.3, -0.25) is 0 Å². The minimum absolute atomic E-state index is 0.311. The second kappa shape index (κ2) is 5.85. The summed E-state index contributed by atoms with van der Waals surface area (Å²) in [5, 5.41) is 9.31. The van der Waals surface area contributed by atoms with Crippen LogP contribution in [0.3, 0.4) is 0 Å². The van der Waals surface area contributed by atoms with Crippen molar-refractivity contribution in [2.45, 2.75) is 34.1 Å². The number of aromatic carboxylic acids is 1. The predicted octanol–water partition coefficient (Wildman–Crippen LogP) is 2.88. The van der Waals surface area contributed by atoms with Crippen LogP contribution in [0.25, 0.3) is 0 Å². The smallest absolute Gasteiger partial charge is 0.339 e. The maximum atomic E-state index is 11.3. The Labute approximate surface area is 109 Å². The molecule has 0 aliphatic carbocycles. The third-order valence-electron chi connectivity index (χ3n) is 3.18. The standard InChI is InChI=1S/C14H22N2O2/c1-6-9(2)8-16(5)13-12(14(17)18)10(3)7-11(4)15-13/h7,9H,6,8H2,1-5H3,(H,17,18). The monoisotopic (exact) mass is 250 g/mol. The Morgan fingerprint density at radius 3 is 2.61 bits per heavy atom. The van der Waals surface area contributed by atoms with E-state index >= 15 is 0 Å². The van der Waals surface area contributed by atoms with Crippen LogP contribution in [0, 0.1) is 19.8 Å². The van der Waals surface area contributed by atoms with Gasteiger partial charge in [0.25, 0.3) is 0 Å². The van der Waals surface area contributed by atoms with Crippen molar-refractivity contribution in [3.8, 4) is 0 Å². The molecule has 1 aromatic rings. The molecule has 4 heteroatoms. The highest BCUT2D eigenvalue weighted by Crippen LogP contribution is 2.22. The van der Waals surface area contributed by atoms with E-state index in [0.717, 1.165) is 24.2 Å². The minimum Gasteiger partial charge on any atom is -0.478 e. The highest BCUT2D eigenvalue weighted by Gasteiger charge is 2.19. The SMILES string of the molecule is CCC(C)CN(C)c1nc(C)cc(C)c1C(=O)O. The number of aryl methyl sites for hydroxylation is 2. The molecule has 1 rings (SSSR count). The van der Waals surface area contributed by atoms with Crippen LogP contribution in [0.4, 0.5) is 5.82 Å². The summed E-state index contributed by atoms with van der Waals surface area (Å²) >= 11 is 0. The minimum atomic E-state index is -0.911. The number of carboxylic acids is 1. The average Bonchev–Trinajstić information content (AvgIpc) is 2.26. The van der Waals surface area contributed by atoms with Crippen LogP contribution in [0.2, 0.25) is 0 Å². The Hall–Kier alpha value is -1.58. The second-order valence-electron chi connectivity index (χ2n) is 4.98. The number of hydrogen-bond acceptors (Lipinski definition) is 3. The molecule has 0 aliphatic heterocycles. The van der Waals surface area contributed by atoms with Gasteiger partial charge >= 0.3 is 5.97 Å². The molecule has 0 amide bonds. The molecule has 4 nitrogen and oxygen atoms in total. The zero-order valence-corrected chi connectivity index (χ0v) is 11.8. The Morgan fingerprint density at radius 2 is 2.11 bits per heavy atom. The molecule has 0 aliphatic rings. The summed E-state index contributed by atoms with van der Waals surface area (Å²) < 4.78 is 0. The lowest BCUT2D eigenvalue weighted by atomic mass is 10.1. The van der Waals surface area contributed by atoms with E-state index in [0.29, 0.717) is 17.3 Å². The summed E-state index contributed by atoms with van der Waals surface area (Å²) in [7, 11) is 1.90. The number of pyridine rings is 1. The normalized spacial score (nSPS) is 12.3. The van der Waals surface area contributed by atoms with Crippen LogP contribution in [0.5, 0.6) is 0 Å². The zero-order valence-electron chi connectivity index (χ0n) is 11.8. The largest absolute Gasteiger partial charge is 0.478 e. The predicted molar refractivity (Wildman–Crippen MR) is 73.4 cm³/mol. The molecule has 0 saturated heterocycles. The Bertz CT molecular complexity index is 444. The van der Waals surface area contributed by atoms with Crippen molar-refractivity contribution in [2.75, 3.05) is 18.5 Å². The van der Waals surface area contributed by atoms with Gasteiger partial charge in [0.15, 0.2) is 0 Å². The van der Waals surface area contributed by atoms with Gasteiger partial charge in [-0.05, 0) is 31.4 Å². The van der Waals surface area contributed by atoms with E-state index in [9.17, 15) is 9.90 Å². The fourth-order valence-corrected chi connectivity index (χ4v) is 2.04. The van der Waals surface area contributed by atoms with Crippen molar-refractivity contribution in [3.05, 3.63) is 22.9 Å². The lowest BCUT2D eigenvalue weighted by molar-refractivity contribution is 0.0696. The van der Waals surface area contributed by atoms with Crippen molar-refractivity contribution in [1.29, 1.82) is 0 Å². The van der Waals surface area contributed by atoms with Gasteiger partial charge in [0, 0.05) is 19.3 Å². The molecule has 1 N–H and O–H groups in total. The highest BCUT2D eigenvalue weighted by molar-refractivity contribution is 5.95. The topological polar surface area (TPSA) is 53.4 Å². The zero-order chi connectivity index (χ0) is 13.9. The van der Waals surface area contributed by atoms with Crippen molar-refractivity contribution in [2.24, 2.45) is 5.92 Å². The Balaban J connectivity index is 3.17. The van der Waals surface area contributed by atoms with Crippen molar-refractivity contribution < 1.29 is 9.90 Å². The molecule has 0 fully saturated rings. The first-order chi connectivity index (χ1) is 8.36. The lowest BCUT2D eigenvalue weighted by Gasteiger charge is -2.24. The van der Waals surface area contributed by atoms with E-state index < -0.39 is 5.97 Å². The van der Waals surface area contributed by atoms with Crippen LogP contribution < -0.4 is 4.90 Å². The van der Waals surface area contributed by atoms with E-state index in [2.05, 4.69) is 18.8 Å². The first-order valence-corrected chi connectivity index (χ1v) is 6.29. The maximum absolute atomic E-state index is 11.3. The molecule has 100 valence electrons. The van der Waals surface area contributed by atoms with Crippen molar-refractivity contribution >= 4 is 11.8 Å². The summed E-state index contributed by atoms with van der Waals surface area (Å²) in [5.41, 5.74) is 1.93. The first kappa shape index (κ1) is 14.5. The van der Waals surface area contributed by atoms with Gasteiger partial charge in [-0.15, -0.1) is 0 Å². The number of hydrogen-bond donors (Lipinski definition) is 1. The fraction of sp³-hybridized carbons (Fsp3) is 0.571. The molecule has 1 heterocycles. The van der Waals surface area contributed by atoms with Crippen LogP contribution in [0.1, 0.15) is 41.9 Å². The molecular formula is C14H22N2O2. The molecule has 0 radical (unpaired) electrons. The van der Waals surface area contributed by atoms with Gasteiger partial charge in [0.05, 0.1) is 0 Å². The number of rotatable bonds is 5. The number of carboxylic acid groups (broad SMARTS) is 1. The van der Waals surface area contributed by atoms with E-state index in [4.69, 9.17) is 0 Å². The van der Waals surface area contributed by atoms with Crippen LogP contribution in [-0.4, -0.2) is 29.7 Å². The van der Waals surface area contributed by atoms with Gasteiger partial charge < -0.3 is 10.0 Å². The summed E-state index contributed by atoms with van der Waals surface area (Å²) in [6.07, 6.45) is 1.07. The van der Waals surface area contributed by atoms with Crippen LogP contribution in [0.15, 0.2) is 6.07 Å². The van der Waals surface area contributed by atoms with Crippen LogP contribution in [-0.2, 0) is 0 Å². The van der Waals surface area contributed by atoms with Gasteiger partial charge in [0.2, 0.25) is 0 Å². The van der Waals surface area contributed by atoms with Gasteiger partial charge in [-0.1, -0.05) is 20.3 Å². The van der Waals surface area contributed by atoms with Gasteiger partial charge in [-0.2, -0.15) is 0 Å². The molecule has 1 aromatic heterocycles. The lowest BCUT2D eigenvalue weighted by Crippen LogP contribution is -2.27. The molecule has 0 aromatic carbocycles. The molecule has 0 saturated carbocycles. The number of aromatic nitrogens is 1. The average molecular weight is 250 g/mol. The number of nitrogens with zero attached hydrogens (tertiary/aromatic N) is 2. The van der Waals surface area contributed by atoms with E-state index in [1.165, 1.54) is 0 Å². The van der Waals surface area contributed by atoms with E-state index in [1.807, 2.05) is 31.9 Å². The summed E-state index contributed by atoms with van der Waals surface area (Å²) in [6.45, 7) is 8.80. The molecule has 0 bridgehead atoms. The Morgan fingerprint density at radius 1 is 1.50 bits per heavy atom. The van der Waals surface area contributed by atoms with E-state index in [-0.39, 0.29) is 0 Å². The first-order valence-electron chi connectivity index (χ1n) is 6.29. The summed E-state index contributed by atoms with van der Waals surface area (Å²) in [5.74, 6) is 0.172. The van der Waals surface area contributed by atoms with Gasteiger partial charge in [0.1, 0.15) is 11.4 Å². The third kappa shape index (κ3) is 3.22. The quantitative estimate of drug-likeness (QED) is 0.873. The second-order valence-corrected chi connectivity index (χ2v) is 4.98. The molecule has 18 heavy (non-hydrogen) atoms. The summed E-state index contributed by atoms with van der Waals surface area (Å²) in [4.78, 5) is 17.7. The number of carbonyl (C=O) groups is 1. The molecule has 1 unspecified atom stereocenters. The van der Waals surface area contributed by atoms with E-state index in [1.54, 1.807) is 0 Å².